The van der Waals surface area contributed by atoms with E-state index in [9.17, 15) is 19.7 Å². The van der Waals surface area contributed by atoms with Crippen LogP contribution in [-0.4, -0.2) is 45.2 Å². The number of aromatic nitrogens is 1. The third-order valence-electron chi connectivity index (χ3n) is 5.74. The lowest BCUT2D eigenvalue weighted by molar-refractivity contribution is -0.384. The fourth-order valence-electron chi connectivity index (χ4n) is 4.22. The number of imide groups is 1. The maximum atomic E-state index is 12.5. The van der Waals surface area contributed by atoms with Crippen LogP contribution in [0, 0.1) is 36.3 Å². The molecule has 8 nitrogen and oxygen atoms in total. The number of terminal acetylenes is 1. The SMILES string of the molecule is C#CCN1C(=O)S/C(=C\c2cc(C)n(-c3ccc(N4CCCC4)c([N+](=O)[O-])c3)c2C)C1=O. The van der Waals surface area contributed by atoms with Gasteiger partial charge >= 0.3 is 0 Å². The Morgan fingerprint density at radius 3 is 2.59 bits per heavy atom. The molecule has 0 unspecified atom stereocenters. The maximum absolute atomic E-state index is 12.5. The Hall–Kier alpha value is -3.51. The highest BCUT2D eigenvalue weighted by Gasteiger charge is 2.34. The van der Waals surface area contributed by atoms with Crippen molar-refractivity contribution in [1.82, 2.24) is 9.47 Å². The van der Waals surface area contributed by atoms with Crippen LogP contribution in [0.1, 0.15) is 29.8 Å². The van der Waals surface area contributed by atoms with Gasteiger partial charge in [0.2, 0.25) is 0 Å². The maximum Gasteiger partial charge on any atom is 0.294 e. The summed E-state index contributed by atoms with van der Waals surface area (Å²) in [6.45, 7) is 5.36. The first-order valence-corrected chi connectivity index (χ1v) is 11.0. The van der Waals surface area contributed by atoms with E-state index in [1.165, 1.54) is 0 Å². The smallest absolute Gasteiger partial charge is 0.294 e. The van der Waals surface area contributed by atoms with Crippen molar-refractivity contribution < 1.29 is 14.5 Å². The number of nitrogens with zero attached hydrogens (tertiary/aromatic N) is 4. The molecule has 0 saturated carbocycles. The molecule has 3 heterocycles. The van der Waals surface area contributed by atoms with Gasteiger partial charge in [0, 0.05) is 30.5 Å². The third kappa shape index (κ3) is 3.78. The minimum atomic E-state index is -0.409. The van der Waals surface area contributed by atoms with Gasteiger partial charge in [-0.05, 0) is 68.3 Å². The van der Waals surface area contributed by atoms with Crippen molar-refractivity contribution >= 4 is 40.4 Å². The van der Waals surface area contributed by atoms with Gasteiger partial charge in [-0.1, -0.05) is 5.92 Å². The number of carbonyl (C=O) groups is 2. The fourth-order valence-corrected chi connectivity index (χ4v) is 5.05. The zero-order valence-corrected chi connectivity index (χ0v) is 18.6. The largest absolute Gasteiger partial charge is 0.366 e. The molecule has 2 aliphatic rings. The molecule has 2 aromatic rings. The van der Waals surface area contributed by atoms with Gasteiger partial charge < -0.3 is 9.47 Å². The highest BCUT2D eigenvalue weighted by Crippen LogP contribution is 2.36. The van der Waals surface area contributed by atoms with E-state index >= 15 is 0 Å². The van der Waals surface area contributed by atoms with Crippen molar-refractivity contribution in [3.8, 4) is 18.0 Å². The number of carbonyl (C=O) groups excluding carboxylic acids is 2. The Labute approximate surface area is 190 Å². The van der Waals surface area contributed by atoms with Gasteiger partial charge in [0.25, 0.3) is 16.8 Å². The van der Waals surface area contributed by atoms with Gasteiger partial charge in [0.15, 0.2) is 0 Å². The summed E-state index contributed by atoms with van der Waals surface area (Å²) in [4.78, 5) is 39.4. The van der Waals surface area contributed by atoms with Gasteiger partial charge in [-0.15, -0.1) is 6.42 Å². The summed E-state index contributed by atoms with van der Waals surface area (Å²) < 4.78 is 1.91. The Bertz CT molecular complexity index is 1200. The summed E-state index contributed by atoms with van der Waals surface area (Å²) in [7, 11) is 0. The molecular formula is C23H22N4O4S. The van der Waals surface area contributed by atoms with Crippen LogP contribution in [0.2, 0.25) is 0 Å². The molecule has 0 spiro atoms. The average Bonchev–Trinajstić information content (AvgIpc) is 3.44. The second kappa shape index (κ2) is 8.55. The molecule has 0 bridgehead atoms. The van der Waals surface area contributed by atoms with Gasteiger partial charge in [-0.2, -0.15) is 0 Å². The molecule has 2 amide bonds. The van der Waals surface area contributed by atoms with E-state index in [1.807, 2.05) is 36.6 Å². The van der Waals surface area contributed by atoms with Crippen LogP contribution < -0.4 is 4.90 Å². The molecule has 0 atom stereocenters. The summed E-state index contributed by atoms with van der Waals surface area (Å²) in [6.07, 6.45) is 8.99. The third-order valence-corrected chi connectivity index (χ3v) is 6.65. The van der Waals surface area contributed by atoms with Gasteiger partial charge in [0.05, 0.1) is 22.1 Å². The number of nitro groups is 1. The minimum Gasteiger partial charge on any atom is -0.366 e. The van der Waals surface area contributed by atoms with Crippen molar-refractivity contribution in [2.45, 2.75) is 26.7 Å². The molecule has 0 aliphatic carbocycles. The zero-order chi connectivity index (χ0) is 23.0. The quantitative estimate of drug-likeness (QED) is 0.293. The van der Waals surface area contributed by atoms with Crippen LogP contribution in [0.15, 0.2) is 29.2 Å². The van der Waals surface area contributed by atoms with Crippen molar-refractivity contribution in [2.24, 2.45) is 0 Å². The molecule has 1 aromatic heterocycles. The van der Waals surface area contributed by atoms with Gasteiger partial charge in [0.1, 0.15) is 5.69 Å². The molecule has 1 aromatic carbocycles. The number of anilines is 1. The first-order valence-electron chi connectivity index (χ1n) is 10.2. The number of hydrogen-bond donors (Lipinski definition) is 0. The van der Waals surface area contributed by atoms with E-state index < -0.39 is 5.91 Å². The van der Waals surface area contributed by atoms with Crippen LogP contribution in [0.4, 0.5) is 16.2 Å². The predicted molar refractivity (Wildman–Crippen MR) is 125 cm³/mol. The van der Waals surface area contributed by atoms with Crippen LogP contribution in [0.3, 0.4) is 0 Å². The van der Waals surface area contributed by atoms with Crippen molar-refractivity contribution in [3.63, 3.8) is 0 Å². The average molecular weight is 451 g/mol. The molecule has 4 rings (SSSR count). The fraction of sp³-hybridized carbons (Fsp3) is 0.304. The van der Waals surface area contributed by atoms with E-state index in [-0.39, 0.29) is 22.4 Å². The highest BCUT2D eigenvalue weighted by atomic mass is 32.2. The summed E-state index contributed by atoms with van der Waals surface area (Å²) in [5.41, 5.74) is 3.83. The standard InChI is InChI=1S/C23H22N4O4S/c1-4-9-25-22(28)21(32-23(25)29)13-17-12-15(2)26(16(17)3)18-7-8-19(20(14-18)27(30)31)24-10-5-6-11-24/h1,7-8,12-14H,5-6,9-11H2,2-3H3/b21-13-. The summed E-state index contributed by atoms with van der Waals surface area (Å²) in [6, 6.07) is 7.18. The van der Waals surface area contributed by atoms with Gasteiger partial charge in [-0.3, -0.25) is 24.6 Å². The topological polar surface area (TPSA) is 88.7 Å². The molecule has 2 saturated heterocycles. The number of benzene rings is 1. The van der Waals surface area contributed by atoms with E-state index in [2.05, 4.69) is 10.8 Å². The number of hydrogen-bond acceptors (Lipinski definition) is 6. The number of aryl methyl sites for hydroxylation is 1. The summed E-state index contributed by atoms with van der Waals surface area (Å²) >= 11 is 0.858. The number of thioether (sulfide) groups is 1. The minimum absolute atomic E-state index is 0.0614. The Morgan fingerprint density at radius 2 is 1.94 bits per heavy atom. The highest BCUT2D eigenvalue weighted by molar-refractivity contribution is 8.18. The van der Waals surface area contributed by atoms with Crippen LogP contribution in [0.25, 0.3) is 11.8 Å². The molecule has 2 aliphatic heterocycles. The second-order valence-electron chi connectivity index (χ2n) is 7.76. The Morgan fingerprint density at radius 1 is 1.22 bits per heavy atom. The Balaban J connectivity index is 1.72. The van der Waals surface area contributed by atoms with Crippen LogP contribution >= 0.6 is 11.8 Å². The number of amides is 2. The Kier molecular flexibility index (Phi) is 5.80. The van der Waals surface area contributed by atoms with Crippen molar-refractivity contribution in [2.75, 3.05) is 24.5 Å². The lowest BCUT2D eigenvalue weighted by Crippen LogP contribution is -2.28. The molecule has 164 valence electrons. The molecule has 0 N–H and O–H groups in total. The summed E-state index contributed by atoms with van der Waals surface area (Å²) in [5.74, 6) is 1.91. The molecule has 9 heteroatoms. The second-order valence-corrected chi connectivity index (χ2v) is 8.75. The van der Waals surface area contributed by atoms with Crippen molar-refractivity contribution in [1.29, 1.82) is 0 Å². The van der Waals surface area contributed by atoms with E-state index in [1.54, 1.807) is 12.1 Å². The molecule has 2 fully saturated rings. The van der Waals surface area contributed by atoms with Gasteiger partial charge in [-0.25, -0.2) is 0 Å². The first-order chi connectivity index (χ1) is 15.3. The normalized spacial score (nSPS) is 17.5. The molecule has 32 heavy (non-hydrogen) atoms. The van der Waals surface area contributed by atoms with Crippen LogP contribution in [-0.2, 0) is 4.79 Å². The first kappa shape index (κ1) is 21.7. The zero-order valence-electron chi connectivity index (χ0n) is 17.8. The van der Waals surface area contributed by atoms with E-state index in [4.69, 9.17) is 6.42 Å². The van der Waals surface area contributed by atoms with Crippen molar-refractivity contribution in [3.05, 3.63) is 56.2 Å². The van der Waals surface area contributed by atoms with Crippen LogP contribution in [0.5, 0.6) is 0 Å². The number of rotatable bonds is 5. The molecular weight excluding hydrogens is 428 g/mol. The van der Waals surface area contributed by atoms with E-state index in [0.29, 0.717) is 16.3 Å². The number of nitro benzene ring substituents is 1. The lowest BCUT2D eigenvalue weighted by Gasteiger charge is -2.19. The lowest BCUT2D eigenvalue weighted by atomic mass is 10.2. The predicted octanol–water partition coefficient (Wildman–Crippen LogP) is 4.27. The monoisotopic (exact) mass is 450 g/mol. The van der Waals surface area contributed by atoms with E-state index in [0.717, 1.165) is 59.5 Å². The summed E-state index contributed by atoms with van der Waals surface area (Å²) in [5, 5.41) is 11.4. The molecule has 0 radical (unpaired) electrons.